The van der Waals surface area contributed by atoms with Gasteiger partial charge in [-0.25, -0.2) is 0 Å². The Kier molecular flexibility index (Phi) is 6.03. The zero-order valence-corrected chi connectivity index (χ0v) is 12.2. The molecule has 0 radical (unpaired) electrons. The molecular weight excluding hydrogens is 270 g/mol. The van der Waals surface area contributed by atoms with Gasteiger partial charge in [0.25, 0.3) is 0 Å². The van der Waals surface area contributed by atoms with E-state index < -0.39 is 0 Å². The van der Waals surface area contributed by atoms with Crippen molar-refractivity contribution in [2.45, 2.75) is 12.6 Å². The molecule has 5 nitrogen and oxygen atoms in total. The standard InChI is InChI=1S/C16H21NO4/c1-20-16-5-4-13(9-14(16)3-2-7-18)10-17-6-8-21-15(11-17)12-19/h4-5,9,15,18-19H,6-8,10-12H2,1H3. The smallest absolute Gasteiger partial charge is 0.134 e. The van der Waals surface area contributed by atoms with Crippen molar-refractivity contribution in [3.63, 3.8) is 0 Å². The molecule has 0 bridgehead atoms. The van der Waals surface area contributed by atoms with Gasteiger partial charge in [-0.1, -0.05) is 17.9 Å². The van der Waals surface area contributed by atoms with E-state index in [1.54, 1.807) is 7.11 Å². The van der Waals surface area contributed by atoms with Crippen LogP contribution in [0.1, 0.15) is 11.1 Å². The first-order valence-electron chi connectivity index (χ1n) is 6.98. The number of morpholine rings is 1. The summed E-state index contributed by atoms with van der Waals surface area (Å²) in [4.78, 5) is 2.25. The normalized spacial score (nSPS) is 18.9. The summed E-state index contributed by atoms with van der Waals surface area (Å²) in [5.41, 5.74) is 1.90. The van der Waals surface area contributed by atoms with Gasteiger partial charge in [-0.2, -0.15) is 0 Å². The Hall–Kier alpha value is -1.58. The van der Waals surface area contributed by atoms with Crippen molar-refractivity contribution >= 4 is 0 Å². The second kappa shape index (κ2) is 8.01. The van der Waals surface area contributed by atoms with Crippen molar-refractivity contribution in [3.05, 3.63) is 29.3 Å². The van der Waals surface area contributed by atoms with Gasteiger partial charge in [-0.05, 0) is 17.7 Å². The molecule has 0 saturated carbocycles. The van der Waals surface area contributed by atoms with Crippen LogP contribution in [0.25, 0.3) is 0 Å². The van der Waals surface area contributed by atoms with Crippen molar-refractivity contribution in [1.29, 1.82) is 0 Å². The Morgan fingerprint density at radius 3 is 3.00 bits per heavy atom. The largest absolute Gasteiger partial charge is 0.495 e. The third kappa shape index (κ3) is 4.45. The van der Waals surface area contributed by atoms with Gasteiger partial charge in [0, 0.05) is 19.6 Å². The molecule has 1 aromatic rings. The Morgan fingerprint density at radius 2 is 2.29 bits per heavy atom. The fraction of sp³-hybridized carbons (Fsp3) is 0.500. The maximum Gasteiger partial charge on any atom is 0.134 e. The summed E-state index contributed by atoms with van der Waals surface area (Å²) in [6.07, 6.45) is -0.106. The molecule has 2 N–H and O–H groups in total. The zero-order chi connectivity index (χ0) is 15.1. The van der Waals surface area contributed by atoms with Crippen LogP contribution in [0.15, 0.2) is 18.2 Å². The summed E-state index contributed by atoms with van der Waals surface area (Å²) >= 11 is 0. The highest BCUT2D eigenvalue weighted by Crippen LogP contribution is 2.20. The Balaban J connectivity index is 2.09. The number of aliphatic hydroxyl groups excluding tert-OH is 2. The fourth-order valence-electron chi connectivity index (χ4n) is 2.38. The van der Waals surface area contributed by atoms with Gasteiger partial charge < -0.3 is 19.7 Å². The van der Waals surface area contributed by atoms with Crippen LogP contribution in [-0.4, -0.2) is 61.2 Å². The van der Waals surface area contributed by atoms with Crippen molar-refractivity contribution in [2.75, 3.05) is 40.0 Å². The summed E-state index contributed by atoms with van der Waals surface area (Å²) in [6, 6.07) is 5.87. The molecule has 0 spiro atoms. The van der Waals surface area contributed by atoms with Crippen molar-refractivity contribution in [3.8, 4) is 17.6 Å². The first kappa shape index (κ1) is 15.8. The predicted molar refractivity (Wildman–Crippen MR) is 79.1 cm³/mol. The lowest BCUT2D eigenvalue weighted by Crippen LogP contribution is -2.43. The summed E-state index contributed by atoms with van der Waals surface area (Å²) < 4.78 is 10.7. The van der Waals surface area contributed by atoms with Crippen LogP contribution in [0.2, 0.25) is 0 Å². The van der Waals surface area contributed by atoms with E-state index in [1.807, 2.05) is 18.2 Å². The summed E-state index contributed by atoms with van der Waals surface area (Å²) in [6.45, 7) is 2.86. The van der Waals surface area contributed by atoms with Crippen LogP contribution in [0.3, 0.4) is 0 Å². The molecule has 0 amide bonds. The fourth-order valence-corrected chi connectivity index (χ4v) is 2.38. The molecular formula is C16H21NO4. The molecule has 1 heterocycles. The minimum Gasteiger partial charge on any atom is -0.495 e. The highest BCUT2D eigenvalue weighted by Gasteiger charge is 2.19. The minimum atomic E-state index is -0.172. The highest BCUT2D eigenvalue weighted by molar-refractivity contribution is 5.48. The number of benzene rings is 1. The van der Waals surface area contributed by atoms with E-state index in [-0.39, 0.29) is 19.3 Å². The van der Waals surface area contributed by atoms with Crippen LogP contribution in [-0.2, 0) is 11.3 Å². The highest BCUT2D eigenvalue weighted by atomic mass is 16.5. The van der Waals surface area contributed by atoms with E-state index in [2.05, 4.69) is 16.7 Å². The van der Waals surface area contributed by atoms with Crippen LogP contribution < -0.4 is 4.74 Å². The number of rotatable bonds is 4. The topological polar surface area (TPSA) is 62.2 Å². The van der Waals surface area contributed by atoms with Gasteiger partial charge in [-0.15, -0.1) is 0 Å². The summed E-state index contributed by atoms with van der Waals surface area (Å²) in [7, 11) is 1.60. The molecule has 1 saturated heterocycles. The van der Waals surface area contributed by atoms with Gasteiger partial charge in [0.1, 0.15) is 12.4 Å². The first-order valence-corrected chi connectivity index (χ1v) is 6.98. The molecule has 1 atom stereocenters. The van der Waals surface area contributed by atoms with E-state index in [0.717, 1.165) is 30.8 Å². The lowest BCUT2D eigenvalue weighted by atomic mass is 10.1. The Labute approximate surface area is 125 Å². The number of nitrogens with zero attached hydrogens (tertiary/aromatic N) is 1. The number of methoxy groups -OCH3 is 1. The zero-order valence-electron chi connectivity index (χ0n) is 12.2. The lowest BCUT2D eigenvalue weighted by molar-refractivity contribution is -0.0551. The molecule has 1 fully saturated rings. The second-order valence-corrected chi connectivity index (χ2v) is 4.91. The molecule has 1 aromatic carbocycles. The van der Waals surface area contributed by atoms with E-state index >= 15 is 0 Å². The molecule has 2 rings (SSSR count). The number of ether oxygens (including phenoxy) is 2. The van der Waals surface area contributed by atoms with Gasteiger partial charge in [0.2, 0.25) is 0 Å². The summed E-state index contributed by atoms with van der Waals surface area (Å²) in [5.74, 6) is 6.25. The van der Waals surface area contributed by atoms with Crippen molar-refractivity contribution < 1.29 is 19.7 Å². The third-order valence-electron chi connectivity index (χ3n) is 3.40. The van der Waals surface area contributed by atoms with Crippen LogP contribution >= 0.6 is 0 Å². The molecule has 1 aliphatic rings. The Bertz CT molecular complexity index is 521. The quantitative estimate of drug-likeness (QED) is 0.778. The Morgan fingerprint density at radius 1 is 1.43 bits per heavy atom. The average Bonchev–Trinajstić information content (AvgIpc) is 2.53. The van der Waals surface area contributed by atoms with E-state index in [9.17, 15) is 5.11 Å². The van der Waals surface area contributed by atoms with Crippen molar-refractivity contribution in [1.82, 2.24) is 4.90 Å². The maximum absolute atomic E-state index is 9.17. The predicted octanol–water partition coefficient (Wildman–Crippen LogP) is 0.232. The van der Waals surface area contributed by atoms with Crippen molar-refractivity contribution in [2.24, 2.45) is 0 Å². The molecule has 1 unspecified atom stereocenters. The van der Waals surface area contributed by atoms with E-state index in [4.69, 9.17) is 14.6 Å². The molecule has 114 valence electrons. The van der Waals surface area contributed by atoms with Gasteiger partial charge in [-0.3, -0.25) is 4.90 Å². The van der Waals surface area contributed by atoms with Gasteiger partial charge in [0.15, 0.2) is 0 Å². The molecule has 1 aliphatic heterocycles. The monoisotopic (exact) mass is 291 g/mol. The summed E-state index contributed by atoms with van der Waals surface area (Å²) in [5, 5.41) is 18.0. The van der Waals surface area contributed by atoms with Gasteiger partial charge in [0.05, 0.1) is 32.0 Å². The first-order chi connectivity index (χ1) is 10.3. The second-order valence-electron chi connectivity index (χ2n) is 4.91. The third-order valence-corrected chi connectivity index (χ3v) is 3.40. The van der Waals surface area contributed by atoms with E-state index in [1.165, 1.54) is 0 Å². The average molecular weight is 291 g/mol. The van der Waals surface area contributed by atoms with Crippen LogP contribution in [0.4, 0.5) is 0 Å². The number of hydrogen-bond donors (Lipinski definition) is 2. The number of hydrogen-bond acceptors (Lipinski definition) is 5. The van der Waals surface area contributed by atoms with E-state index in [0.29, 0.717) is 12.4 Å². The molecule has 0 aliphatic carbocycles. The lowest BCUT2D eigenvalue weighted by Gasteiger charge is -2.32. The van der Waals surface area contributed by atoms with Crippen LogP contribution in [0, 0.1) is 11.8 Å². The molecule has 5 heteroatoms. The molecule has 0 aromatic heterocycles. The SMILES string of the molecule is COc1ccc(CN2CCOC(CO)C2)cc1C#CCO. The van der Waals surface area contributed by atoms with Gasteiger partial charge >= 0.3 is 0 Å². The maximum atomic E-state index is 9.17. The molecule has 21 heavy (non-hydrogen) atoms. The number of aliphatic hydroxyl groups is 2. The minimum absolute atomic E-state index is 0.0480. The van der Waals surface area contributed by atoms with Crippen LogP contribution in [0.5, 0.6) is 5.75 Å².